The van der Waals surface area contributed by atoms with Gasteiger partial charge < -0.3 is 25.4 Å². The van der Waals surface area contributed by atoms with Crippen LogP contribution in [0.2, 0.25) is 0 Å². The molecule has 0 spiro atoms. The number of nitrogens with one attached hydrogen (secondary N) is 2. The molecule has 0 bridgehead atoms. The lowest BCUT2D eigenvalue weighted by Crippen LogP contribution is -2.32. The molecule has 3 amide bonds. The van der Waals surface area contributed by atoms with Gasteiger partial charge in [-0.2, -0.15) is 4.37 Å². The van der Waals surface area contributed by atoms with Crippen LogP contribution in [0.15, 0.2) is 12.1 Å². The number of alkyl halides is 1. The van der Waals surface area contributed by atoms with E-state index in [0.717, 1.165) is 23.6 Å². The van der Waals surface area contributed by atoms with Crippen molar-refractivity contribution in [2.45, 2.75) is 32.0 Å². The van der Waals surface area contributed by atoms with Gasteiger partial charge in [0.15, 0.2) is 0 Å². The van der Waals surface area contributed by atoms with Crippen molar-refractivity contribution in [3.63, 3.8) is 0 Å². The Hall–Kier alpha value is -2.99. The largest absolute Gasteiger partial charge is 0.493 e. The zero-order chi connectivity index (χ0) is 23.4. The van der Waals surface area contributed by atoms with Gasteiger partial charge in [-0.25, -0.2) is 13.6 Å². The Morgan fingerprint density at radius 3 is 3.00 bits per heavy atom. The highest BCUT2D eigenvalue weighted by molar-refractivity contribution is 7.11. The summed E-state index contributed by atoms with van der Waals surface area (Å²) in [6.07, 6.45) is 1.09. The normalized spacial score (nSPS) is 17.5. The minimum absolute atomic E-state index is 0.0842. The van der Waals surface area contributed by atoms with E-state index in [1.165, 1.54) is 6.07 Å². The van der Waals surface area contributed by atoms with Crippen LogP contribution in [0.1, 0.15) is 34.3 Å². The number of ether oxygens (including phenoxy) is 2. The lowest BCUT2D eigenvalue weighted by molar-refractivity contribution is 0.0996. The zero-order valence-corrected chi connectivity index (χ0v) is 18.7. The van der Waals surface area contributed by atoms with Crippen molar-refractivity contribution in [2.24, 2.45) is 5.73 Å². The zero-order valence-electron chi connectivity index (χ0n) is 17.9. The van der Waals surface area contributed by atoms with Crippen molar-refractivity contribution in [3.8, 4) is 11.6 Å². The van der Waals surface area contributed by atoms with Crippen LogP contribution < -0.4 is 25.8 Å². The molecule has 4 N–H and O–H groups in total. The van der Waals surface area contributed by atoms with E-state index >= 15 is 0 Å². The lowest BCUT2D eigenvalue weighted by Gasteiger charge is -2.14. The number of nitrogens with zero attached hydrogens (tertiary/aromatic N) is 2. The monoisotopic (exact) mass is 481 g/mol. The number of carbonyl (C=O) groups is 2. The van der Waals surface area contributed by atoms with Crippen molar-refractivity contribution in [1.29, 1.82) is 0 Å². The quantitative estimate of drug-likeness (QED) is 0.474. The third-order valence-electron chi connectivity index (χ3n) is 5.51. The molecule has 1 fully saturated rings. The first-order chi connectivity index (χ1) is 15.9. The van der Waals surface area contributed by atoms with E-state index in [0.29, 0.717) is 51.3 Å². The first-order valence-corrected chi connectivity index (χ1v) is 11.5. The van der Waals surface area contributed by atoms with E-state index in [4.69, 9.17) is 15.2 Å². The molecule has 12 heteroatoms. The molecule has 4 rings (SSSR count). The molecule has 0 saturated carbocycles. The SMILES string of the molecule is NC(=O)c1c(OCc2cc3c(cc2F)CCO3)nsc1NC(=O)NCCCN1CC[C@@H](F)C1. The third-order valence-corrected chi connectivity index (χ3v) is 6.25. The second-order valence-corrected chi connectivity index (χ2v) is 8.69. The molecule has 2 aliphatic rings. The molecule has 9 nitrogen and oxygen atoms in total. The average molecular weight is 482 g/mol. The number of fused-ring (bicyclic) bond motifs is 1. The van der Waals surface area contributed by atoms with Gasteiger partial charge in [-0.05, 0) is 43.1 Å². The topological polar surface area (TPSA) is 119 Å². The Morgan fingerprint density at radius 1 is 1.39 bits per heavy atom. The second-order valence-electron chi connectivity index (χ2n) is 7.92. The number of rotatable bonds is 9. The number of benzene rings is 1. The number of hydrogen-bond acceptors (Lipinski definition) is 7. The summed E-state index contributed by atoms with van der Waals surface area (Å²) in [5, 5.41) is 5.36. The van der Waals surface area contributed by atoms with Gasteiger partial charge in [-0.3, -0.25) is 10.1 Å². The number of primary amides is 1. The molecule has 33 heavy (non-hydrogen) atoms. The molecule has 0 unspecified atom stereocenters. The van der Waals surface area contributed by atoms with E-state index in [9.17, 15) is 18.4 Å². The summed E-state index contributed by atoms with van der Waals surface area (Å²) in [7, 11) is 0. The number of carbonyl (C=O) groups excluding carboxylic acids is 2. The van der Waals surface area contributed by atoms with Crippen LogP contribution in [-0.4, -0.2) is 60.2 Å². The maximum Gasteiger partial charge on any atom is 0.319 e. The number of anilines is 1. The van der Waals surface area contributed by atoms with Crippen LogP contribution in [0.5, 0.6) is 11.6 Å². The first-order valence-electron chi connectivity index (χ1n) is 10.7. The molecule has 0 aliphatic carbocycles. The van der Waals surface area contributed by atoms with E-state index in [1.807, 2.05) is 4.90 Å². The lowest BCUT2D eigenvalue weighted by atomic mass is 10.1. The summed E-state index contributed by atoms with van der Waals surface area (Å²) in [5.74, 6) is -0.750. The standard InChI is InChI=1S/C21H25F2N5O4S/c22-14-2-6-28(10-14)5-1-4-25-21(30)26-20-17(18(24)29)19(27-33-20)32-11-13-9-16-12(3-7-31-16)8-15(13)23/h8-9,14H,1-7,10-11H2,(H2,24,29)(H2,25,26,30)/t14-/m1/s1. The van der Waals surface area contributed by atoms with E-state index in [2.05, 4.69) is 15.0 Å². The number of nitrogens with two attached hydrogens (primary N) is 1. The van der Waals surface area contributed by atoms with Crippen molar-refractivity contribution >= 4 is 28.5 Å². The Kier molecular flexibility index (Phi) is 7.23. The molecule has 3 heterocycles. The number of likely N-dealkylation sites (tertiary alicyclic amines) is 1. The third kappa shape index (κ3) is 5.69. The minimum atomic E-state index is -0.832. The number of hydrogen-bond donors (Lipinski definition) is 3. The summed E-state index contributed by atoms with van der Waals surface area (Å²) in [6.45, 7) is 2.55. The predicted octanol–water partition coefficient (Wildman–Crippen LogP) is 2.45. The van der Waals surface area contributed by atoms with Crippen LogP contribution in [0.3, 0.4) is 0 Å². The number of aromatic nitrogens is 1. The molecular weight excluding hydrogens is 456 g/mol. The number of amides is 3. The summed E-state index contributed by atoms with van der Waals surface area (Å²) in [5.41, 5.74) is 6.42. The highest BCUT2D eigenvalue weighted by atomic mass is 32.1. The Bertz CT molecular complexity index is 1030. The molecule has 0 radical (unpaired) electrons. The predicted molar refractivity (Wildman–Crippen MR) is 118 cm³/mol. The number of halogens is 2. The first kappa shape index (κ1) is 23.2. The van der Waals surface area contributed by atoms with Crippen molar-refractivity contribution < 1.29 is 27.8 Å². The van der Waals surface area contributed by atoms with Gasteiger partial charge in [-0.1, -0.05) is 0 Å². The van der Waals surface area contributed by atoms with Gasteiger partial charge in [0.25, 0.3) is 5.91 Å². The maximum absolute atomic E-state index is 14.3. The highest BCUT2D eigenvalue weighted by Crippen LogP contribution is 2.32. The van der Waals surface area contributed by atoms with Crippen LogP contribution in [-0.2, 0) is 13.0 Å². The van der Waals surface area contributed by atoms with Gasteiger partial charge in [-0.15, -0.1) is 0 Å². The molecule has 1 saturated heterocycles. The van der Waals surface area contributed by atoms with E-state index in [1.54, 1.807) is 6.07 Å². The molecule has 1 aromatic carbocycles. The smallest absolute Gasteiger partial charge is 0.319 e. The van der Waals surface area contributed by atoms with Crippen molar-refractivity contribution in [1.82, 2.24) is 14.6 Å². The van der Waals surface area contributed by atoms with E-state index < -0.39 is 23.9 Å². The molecule has 2 aromatic rings. The molecule has 178 valence electrons. The van der Waals surface area contributed by atoms with Gasteiger partial charge in [0.05, 0.1) is 6.61 Å². The van der Waals surface area contributed by atoms with Crippen molar-refractivity contribution in [2.75, 3.05) is 38.1 Å². The maximum atomic E-state index is 14.3. The highest BCUT2D eigenvalue weighted by Gasteiger charge is 2.24. The number of urea groups is 1. The molecule has 2 aliphatic heterocycles. The fourth-order valence-electron chi connectivity index (χ4n) is 3.81. The van der Waals surface area contributed by atoms with Crippen molar-refractivity contribution in [3.05, 3.63) is 34.6 Å². The van der Waals surface area contributed by atoms with Gasteiger partial charge in [0.1, 0.15) is 34.9 Å². The fraction of sp³-hybridized carbons (Fsp3) is 0.476. The van der Waals surface area contributed by atoms with Gasteiger partial charge in [0.2, 0.25) is 5.88 Å². The average Bonchev–Trinajstić information content (AvgIpc) is 3.49. The minimum Gasteiger partial charge on any atom is -0.493 e. The molecule has 1 aromatic heterocycles. The van der Waals surface area contributed by atoms with Crippen LogP contribution in [0, 0.1) is 5.82 Å². The Labute approximate surface area is 193 Å². The molecular formula is C21H25F2N5O4S. The molecule has 1 atom stereocenters. The van der Waals surface area contributed by atoms with Crippen LogP contribution in [0.25, 0.3) is 0 Å². The summed E-state index contributed by atoms with van der Waals surface area (Å²) >= 11 is 0.836. The van der Waals surface area contributed by atoms with Crippen LogP contribution >= 0.6 is 11.5 Å². The Morgan fingerprint density at radius 2 is 2.24 bits per heavy atom. The fourth-order valence-corrected chi connectivity index (χ4v) is 4.55. The van der Waals surface area contributed by atoms with Crippen LogP contribution in [0.4, 0.5) is 18.6 Å². The summed E-state index contributed by atoms with van der Waals surface area (Å²) in [4.78, 5) is 26.2. The Balaban J connectivity index is 1.31. The van der Waals surface area contributed by atoms with E-state index in [-0.39, 0.29) is 28.6 Å². The van der Waals surface area contributed by atoms with Gasteiger partial charge >= 0.3 is 6.03 Å². The summed E-state index contributed by atoms with van der Waals surface area (Å²) in [6, 6.07) is 2.45. The second kappa shape index (κ2) is 10.3. The summed E-state index contributed by atoms with van der Waals surface area (Å²) < 4.78 is 42.5. The van der Waals surface area contributed by atoms with Gasteiger partial charge in [0, 0.05) is 37.2 Å².